The van der Waals surface area contributed by atoms with Crippen LogP contribution in [0.15, 0.2) is 12.1 Å². The van der Waals surface area contributed by atoms with Gasteiger partial charge in [0.15, 0.2) is 5.56 Å². The van der Waals surface area contributed by atoms with Crippen LogP contribution in [0.3, 0.4) is 0 Å². The van der Waals surface area contributed by atoms with E-state index in [9.17, 15) is 14.9 Å². The second kappa shape index (κ2) is 5.77. The molecule has 0 atom stereocenters. The molecule has 1 aromatic carbocycles. The zero-order valence-electron chi connectivity index (χ0n) is 10.1. The number of nitrogens with zero attached hydrogens (tertiary/aromatic N) is 2. The van der Waals surface area contributed by atoms with E-state index in [-0.39, 0.29) is 23.4 Å². The number of nitriles is 1. The molecule has 0 aliphatic heterocycles. The second-order valence-electron chi connectivity index (χ2n) is 3.48. The minimum Gasteiger partial charge on any atom is -0.462 e. The predicted molar refractivity (Wildman–Crippen MR) is 63.1 cm³/mol. The topological polar surface area (TPSA) is 93.2 Å². The molecule has 0 saturated carbocycles. The molecule has 0 heterocycles. The molecule has 0 radical (unpaired) electrons. The van der Waals surface area contributed by atoms with E-state index in [0.29, 0.717) is 12.0 Å². The van der Waals surface area contributed by atoms with Gasteiger partial charge in [-0.25, -0.2) is 4.79 Å². The van der Waals surface area contributed by atoms with Crippen molar-refractivity contribution < 1.29 is 14.5 Å². The van der Waals surface area contributed by atoms with Gasteiger partial charge in [-0.1, -0.05) is 6.92 Å². The van der Waals surface area contributed by atoms with Crippen molar-refractivity contribution in [3.63, 3.8) is 0 Å². The lowest BCUT2D eigenvalue weighted by molar-refractivity contribution is -0.385. The van der Waals surface area contributed by atoms with Gasteiger partial charge in [-0.05, 0) is 25.0 Å². The Hall–Kier alpha value is -2.42. The summed E-state index contributed by atoms with van der Waals surface area (Å²) in [5.74, 6) is -0.844. The summed E-state index contributed by atoms with van der Waals surface area (Å²) in [6.07, 6.45) is 0.540. The third kappa shape index (κ3) is 2.63. The normalized spacial score (nSPS) is 9.61. The molecule has 6 nitrogen and oxygen atoms in total. The standard InChI is InChI=1S/C12H12N2O4/c1-3-8-5-9(7-13)11(12(15)18-4-2)10(6-8)14(16)17/h5-6H,3-4H2,1-2H3. The molecule has 0 fully saturated rings. The molecule has 0 N–H and O–H groups in total. The minimum atomic E-state index is -0.844. The quantitative estimate of drug-likeness (QED) is 0.462. The van der Waals surface area contributed by atoms with Gasteiger partial charge in [-0.15, -0.1) is 0 Å². The maximum atomic E-state index is 11.7. The molecule has 0 amide bonds. The predicted octanol–water partition coefficient (Wildman–Crippen LogP) is 2.21. The van der Waals surface area contributed by atoms with Gasteiger partial charge in [-0.3, -0.25) is 10.1 Å². The van der Waals surface area contributed by atoms with Gasteiger partial charge in [0, 0.05) is 6.07 Å². The number of carbonyl (C=O) groups excluding carboxylic acids is 1. The fourth-order valence-corrected chi connectivity index (χ4v) is 1.54. The molecular formula is C12H12N2O4. The number of ether oxygens (including phenoxy) is 1. The lowest BCUT2D eigenvalue weighted by atomic mass is 10.0. The Balaban J connectivity index is 3.50. The molecule has 94 valence electrons. The van der Waals surface area contributed by atoms with Crippen molar-refractivity contribution in [3.8, 4) is 6.07 Å². The van der Waals surface area contributed by atoms with Gasteiger partial charge in [0.05, 0.1) is 17.1 Å². The van der Waals surface area contributed by atoms with E-state index >= 15 is 0 Å². The number of carbonyl (C=O) groups is 1. The van der Waals surface area contributed by atoms with E-state index in [4.69, 9.17) is 10.00 Å². The first-order valence-electron chi connectivity index (χ1n) is 5.43. The molecule has 0 aliphatic rings. The number of rotatable bonds is 4. The molecule has 1 rings (SSSR count). The number of benzene rings is 1. The fourth-order valence-electron chi connectivity index (χ4n) is 1.54. The lowest BCUT2D eigenvalue weighted by Crippen LogP contribution is -2.11. The van der Waals surface area contributed by atoms with Gasteiger partial charge in [0.2, 0.25) is 0 Å². The third-order valence-corrected chi connectivity index (χ3v) is 2.38. The van der Waals surface area contributed by atoms with Crippen molar-refractivity contribution >= 4 is 11.7 Å². The van der Waals surface area contributed by atoms with Crippen LogP contribution in [0.2, 0.25) is 0 Å². The van der Waals surface area contributed by atoms with E-state index in [1.807, 2.05) is 6.92 Å². The van der Waals surface area contributed by atoms with Crippen molar-refractivity contribution in [2.45, 2.75) is 20.3 Å². The molecule has 1 aromatic rings. The molecular weight excluding hydrogens is 236 g/mol. The molecule has 6 heteroatoms. The van der Waals surface area contributed by atoms with Crippen LogP contribution in [0.25, 0.3) is 0 Å². The first-order valence-corrected chi connectivity index (χ1v) is 5.43. The summed E-state index contributed by atoms with van der Waals surface area (Å²) in [7, 11) is 0. The van der Waals surface area contributed by atoms with Crippen LogP contribution in [-0.2, 0) is 11.2 Å². The summed E-state index contributed by atoms with van der Waals surface area (Å²) in [5.41, 5.74) is -0.0586. The summed E-state index contributed by atoms with van der Waals surface area (Å²) < 4.78 is 4.74. The minimum absolute atomic E-state index is 0.0282. The van der Waals surface area contributed by atoms with Gasteiger partial charge >= 0.3 is 5.97 Å². The lowest BCUT2D eigenvalue weighted by Gasteiger charge is -2.06. The Morgan fingerprint density at radius 3 is 2.61 bits per heavy atom. The molecule has 0 saturated heterocycles. The number of hydrogen-bond donors (Lipinski definition) is 0. The van der Waals surface area contributed by atoms with Crippen molar-refractivity contribution in [2.75, 3.05) is 6.61 Å². The Labute approximate surface area is 104 Å². The first kappa shape index (κ1) is 13.6. The number of hydrogen-bond acceptors (Lipinski definition) is 5. The third-order valence-electron chi connectivity index (χ3n) is 2.38. The van der Waals surface area contributed by atoms with Crippen LogP contribution in [0.5, 0.6) is 0 Å². The Kier molecular flexibility index (Phi) is 4.38. The molecule has 0 spiro atoms. The SMILES string of the molecule is CCOC(=O)c1c(C#N)cc(CC)cc1[N+](=O)[O-]. The average Bonchev–Trinajstić information content (AvgIpc) is 2.37. The van der Waals surface area contributed by atoms with E-state index in [0.717, 1.165) is 0 Å². The summed E-state index contributed by atoms with van der Waals surface area (Å²) in [5, 5.41) is 19.9. The molecule has 0 bridgehead atoms. The second-order valence-corrected chi connectivity index (χ2v) is 3.48. The maximum absolute atomic E-state index is 11.7. The Bertz CT molecular complexity index is 532. The van der Waals surface area contributed by atoms with E-state index in [1.165, 1.54) is 12.1 Å². The highest BCUT2D eigenvalue weighted by Gasteiger charge is 2.26. The highest BCUT2D eigenvalue weighted by molar-refractivity contribution is 5.96. The highest BCUT2D eigenvalue weighted by atomic mass is 16.6. The largest absolute Gasteiger partial charge is 0.462 e. The summed E-state index contributed by atoms with van der Waals surface area (Å²) in [6.45, 7) is 3.50. The molecule has 0 aromatic heterocycles. The van der Waals surface area contributed by atoms with Gasteiger partial charge in [0.1, 0.15) is 6.07 Å². The number of nitro benzene ring substituents is 1. The highest BCUT2D eigenvalue weighted by Crippen LogP contribution is 2.25. The summed E-state index contributed by atoms with van der Waals surface area (Å²) in [6, 6.07) is 4.57. The van der Waals surface area contributed by atoms with E-state index in [2.05, 4.69) is 0 Å². The maximum Gasteiger partial charge on any atom is 0.346 e. The summed E-state index contributed by atoms with van der Waals surface area (Å²) >= 11 is 0. The van der Waals surface area contributed by atoms with Gasteiger partial charge < -0.3 is 4.74 Å². The zero-order chi connectivity index (χ0) is 13.7. The molecule has 0 unspecified atom stereocenters. The number of aryl methyl sites for hydroxylation is 1. The fraction of sp³-hybridized carbons (Fsp3) is 0.333. The molecule has 0 aliphatic carbocycles. The van der Waals surface area contributed by atoms with Crippen molar-refractivity contribution in [2.24, 2.45) is 0 Å². The van der Waals surface area contributed by atoms with Crippen LogP contribution >= 0.6 is 0 Å². The Morgan fingerprint density at radius 1 is 1.50 bits per heavy atom. The summed E-state index contributed by atoms with van der Waals surface area (Å²) in [4.78, 5) is 22.0. The van der Waals surface area contributed by atoms with Crippen LogP contribution in [0, 0.1) is 21.4 Å². The van der Waals surface area contributed by atoms with E-state index < -0.39 is 10.9 Å². The smallest absolute Gasteiger partial charge is 0.346 e. The van der Waals surface area contributed by atoms with Crippen LogP contribution in [-0.4, -0.2) is 17.5 Å². The van der Waals surface area contributed by atoms with Gasteiger partial charge in [-0.2, -0.15) is 5.26 Å². The number of esters is 1. The Morgan fingerprint density at radius 2 is 2.17 bits per heavy atom. The van der Waals surface area contributed by atoms with E-state index in [1.54, 1.807) is 13.0 Å². The monoisotopic (exact) mass is 248 g/mol. The van der Waals surface area contributed by atoms with Gasteiger partial charge in [0.25, 0.3) is 5.69 Å². The number of nitro groups is 1. The van der Waals surface area contributed by atoms with Crippen molar-refractivity contribution in [1.29, 1.82) is 5.26 Å². The first-order chi connectivity index (χ1) is 8.54. The van der Waals surface area contributed by atoms with Crippen molar-refractivity contribution in [1.82, 2.24) is 0 Å². The zero-order valence-corrected chi connectivity index (χ0v) is 10.1. The van der Waals surface area contributed by atoms with Crippen molar-refractivity contribution in [3.05, 3.63) is 38.9 Å². The van der Waals surface area contributed by atoms with Crippen LogP contribution in [0.4, 0.5) is 5.69 Å². The van der Waals surface area contributed by atoms with Crippen LogP contribution < -0.4 is 0 Å². The average molecular weight is 248 g/mol. The molecule has 18 heavy (non-hydrogen) atoms. The van der Waals surface area contributed by atoms with Crippen LogP contribution in [0.1, 0.15) is 35.3 Å².